The number of hydrogen-bond donors (Lipinski definition) is 1. The van der Waals surface area contributed by atoms with Crippen LogP contribution in [-0.2, 0) is 14.3 Å². The number of piperidine rings is 1. The summed E-state index contributed by atoms with van der Waals surface area (Å²) in [5.74, 6) is -0.837. The SMILES string of the molecule is O=C(CC1OCCCO1)N[C@H]1CC[C@H](CCN2CCC(c3noc4cc(F)c(F)cc34)CC2)CC1. The molecule has 0 spiro atoms. The van der Waals surface area contributed by atoms with Gasteiger partial charge in [-0.1, -0.05) is 5.16 Å². The fraction of sp³-hybridized carbons (Fsp3) is 0.692. The maximum absolute atomic E-state index is 13.7. The fourth-order valence-corrected chi connectivity index (χ4v) is 5.73. The molecule has 1 aliphatic carbocycles. The highest BCUT2D eigenvalue weighted by Crippen LogP contribution is 2.34. The number of amides is 1. The number of carbonyl (C=O) groups is 1. The van der Waals surface area contributed by atoms with E-state index in [9.17, 15) is 13.6 Å². The summed E-state index contributed by atoms with van der Waals surface area (Å²) in [6.45, 7) is 4.35. The quantitative estimate of drug-likeness (QED) is 0.615. The van der Waals surface area contributed by atoms with E-state index < -0.39 is 17.9 Å². The van der Waals surface area contributed by atoms with Crippen molar-refractivity contribution in [3.05, 3.63) is 29.5 Å². The number of rotatable bonds is 7. The number of benzene rings is 1. The normalized spacial score (nSPS) is 25.2. The summed E-state index contributed by atoms with van der Waals surface area (Å²) in [7, 11) is 0. The Kier molecular flexibility index (Phi) is 7.94. The number of aromatic nitrogens is 1. The number of carbonyl (C=O) groups excluding carboxylic acids is 1. The van der Waals surface area contributed by atoms with Crippen LogP contribution in [0.15, 0.2) is 16.7 Å². The molecule has 2 saturated heterocycles. The van der Waals surface area contributed by atoms with Crippen molar-refractivity contribution in [1.29, 1.82) is 0 Å². The molecule has 1 aromatic carbocycles. The predicted octanol–water partition coefficient (Wildman–Crippen LogP) is 4.50. The zero-order valence-electron chi connectivity index (χ0n) is 20.1. The largest absolute Gasteiger partial charge is 0.356 e. The zero-order valence-corrected chi connectivity index (χ0v) is 20.1. The van der Waals surface area contributed by atoms with Gasteiger partial charge in [-0.2, -0.15) is 0 Å². The van der Waals surface area contributed by atoms with Crippen molar-refractivity contribution in [2.45, 2.75) is 76.0 Å². The minimum Gasteiger partial charge on any atom is -0.356 e. The second kappa shape index (κ2) is 11.3. The first-order valence-electron chi connectivity index (χ1n) is 13.0. The number of hydrogen-bond acceptors (Lipinski definition) is 6. The average molecular weight is 492 g/mol. The lowest BCUT2D eigenvalue weighted by molar-refractivity contribution is -0.184. The molecule has 1 N–H and O–H groups in total. The lowest BCUT2D eigenvalue weighted by Crippen LogP contribution is -2.41. The Morgan fingerprint density at radius 1 is 1.03 bits per heavy atom. The van der Waals surface area contributed by atoms with Crippen LogP contribution in [0.3, 0.4) is 0 Å². The number of fused-ring (bicyclic) bond motifs is 1. The number of nitrogens with one attached hydrogen (secondary N) is 1. The Morgan fingerprint density at radius 3 is 2.49 bits per heavy atom. The van der Waals surface area contributed by atoms with Crippen molar-refractivity contribution >= 4 is 16.9 Å². The van der Waals surface area contributed by atoms with Gasteiger partial charge in [0.1, 0.15) is 0 Å². The summed E-state index contributed by atoms with van der Waals surface area (Å²) in [6, 6.07) is 2.54. The van der Waals surface area contributed by atoms with Gasteiger partial charge in [0.25, 0.3) is 0 Å². The Bertz CT molecular complexity index is 994. The van der Waals surface area contributed by atoms with Gasteiger partial charge in [-0.25, -0.2) is 8.78 Å². The summed E-state index contributed by atoms with van der Waals surface area (Å²) in [6.07, 6.45) is 8.18. The van der Waals surface area contributed by atoms with Crippen LogP contribution in [0.2, 0.25) is 0 Å². The Balaban J connectivity index is 1.00. The zero-order chi connectivity index (χ0) is 24.2. The molecule has 2 aromatic rings. The van der Waals surface area contributed by atoms with Gasteiger partial charge >= 0.3 is 0 Å². The molecule has 1 aromatic heterocycles. The molecule has 0 atom stereocenters. The van der Waals surface area contributed by atoms with Crippen molar-refractivity contribution in [2.24, 2.45) is 5.92 Å². The van der Waals surface area contributed by atoms with Gasteiger partial charge in [-0.3, -0.25) is 4.79 Å². The Morgan fingerprint density at radius 2 is 1.74 bits per heavy atom. The van der Waals surface area contributed by atoms with E-state index in [1.165, 1.54) is 12.5 Å². The lowest BCUT2D eigenvalue weighted by atomic mass is 9.83. The van der Waals surface area contributed by atoms with E-state index in [0.29, 0.717) is 30.1 Å². The molecule has 5 rings (SSSR count). The molecule has 3 fully saturated rings. The van der Waals surface area contributed by atoms with E-state index in [4.69, 9.17) is 14.0 Å². The van der Waals surface area contributed by atoms with Crippen LogP contribution in [-0.4, -0.2) is 61.1 Å². The minimum absolute atomic E-state index is 0.0241. The Hall–Kier alpha value is -2.10. The number of ether oxygens (including phenoxy) is 2. The lowest BCUT2D eigenvalue weighted by Gasteiger charge is -2.34. The van der Waals surface area contributed by atoms with Crippen LogP contribution in [0.4, 0.5) is 8.78 Å². The molecule has 0 unspecified atom stereocenters. The molecule has 2 aliphatic heterocycles. The van der Waals surface area contributed by atoms with Crippen molar-refractivity contribution in [2.75, 3.05) is 32.8 Å². The van der Waals surface area contributed by atoms with Gasteiger partial charge in [0.2, 0.25) is 5.91 Å². The highest BCUT2D eigenvalue weighted by atomic mass is 19.2. The van der Waals surface area contributed by atoms with E-state index in [2.05, 4.69) is 15.4 Å². The smallest absolute Gasteiger partial charge is 0.225 e. The van der Waals surface area contributed by atoms with Crippen LogP contribution < -0.4 is 5.32 Å². The first kappa shape index (κ1) is 24.6. The molecule has 35 heavy (non-hydrogen) atoms. The first-order valence-corrected chi connectivity index (χ1v) is 13.0. The minimum atomic E-state index is -0.907. The fourth-order valence-electron chi connectivity index (χ4n) is 5.73. The topological polar surface area (TPSA) is 76.8 Å². The second-order valence-electron chi connectivity index (χ2n) is 10.2. The summed E-state index contributed by atoms with van der Waals surface area (Å²) in [5, 5.41) is 7.89. The van der Waals surface area contributed by atoms with Crippen LogP contribution >= 0.6 is 0 Å². The molecule has 1 amide bonds. The maximum atomic E-state index is 13.7. The monoisotopic (exact) mass is 491 g/mol. The Labute approximate surface area is 204 Å². The standard InChI is InChI=1S/C26H35F2N3O4/c27-21-14-20-23(15-22(21)28)35-30-26(20)18-7-10-31(11-8-18)9-6-17-2-4-19(5-3-17)29-24(32)16-25-33-12-1-13-34-25/h14-15,17-19,25H,1-13,16H2,(H,29,32)/t17-,19-. The summed E-state index contributed by atoms with van der Waals surface area (Å²) in [4.78, 5) is 14.8. The van der Waals surface area contributed by atoms with E-state index >= 15 is 0 Å². The third-order valence-corrected chi connectivity index (χ3v) is 7.83. The van der Waals surface area contributed by atoms with Crippen molar-refractivity contribution in [3.8, 4) is 0 Å². The molecule has 1 saturated carbocycles. The van der Waals surface area contributed by atoms with Gasteiger partial charge < -0.3 is 24.2 Å². The summed E-state index contributed by atoms with van der Waals surface area (Å²) >= 11 is 0. The summed E-state index contributed by atoms with van der Waals surface area (Å²) < 4.78 is 43.4. The van der Waals surface area contributed by atoms with Gasteiger partial charge in [-0.05, 0) is 83.0 Å². The molecule has 192 valence electrons. The molecule has 0 bridgehead atoms. The highest BCUT2D eigenvalue weighted by molar-refractivity contribution is 5.80. The van der Waals surface area contributed by atoms with Crippen LogP contribution in [0.1, 0.15) is 69.4 Å². The molecular weight excluding hydrogens is 456 g/mol. The maximum Gasteiger partial charge on any atom is 0.225 e. The molecule has 0 radical (unpaired) electrons. The molecule has 9 heteroatoms. The third-order valence-electron chi connectivity index (χ3n) is 7.83. The van der Waals surface area contributed by atoms with E-state index in [1.807, 2.05) is 0 Å². The molecule has 3 heterocycles. The second-order valence-corrected chi connectivity index (χ2v) is 10.2. The van der Waals surface area contributed by atoms with Crippen molar-refractivity contribution in [3.63, 3.8) is 0 Å². The van der Waals surface area contributed by atoms with Gasteiger partial charge in [0, 0.05) is 23.4 Å². The van der Waals surface area contributed by atoms with Crippen molar-refractivity contribution < 1.29 is 27.6 Å². The number of halogens is 2. The van der Waals surface area contributed by atoms with Gasteiger partial charge in [0.05, 0.1) is 25.3 Å². The van der Waals surface area contributed by atoms with E-state index in [-0.39, 0.29) is 24.3 Å². The number of likely N-dealkylation sites (tertiary alicyclic amines) is 1. The highest BCUT2D eigenvalue weighted by Gasteiger charge is 2.28. The molecule has 3 aliphatic rings. The van der Waals surface area contributed by atoms with Gasteiger partial charge in [-0.15, -0.1) is 0 Å². The van der Waals surface area contributed by atoms with E-state index in [1.54, 1.807) is 0 Å². The molecular formula is C26H35F2N3O4. The average Bonchev–Trinajstić information content (AvgIpc) is 3.27. The predicted molar refractivity (Wildman–Crippen MR) is 126 cm³/mol. The van der Waals surface area contributed by atoms with Crippen LogP contribution in [0, 0.1) is 17.6 Å². The van der Waals surface area contributed by atoms with Crippen LogP contribution in [0.5, 0.6) is 0 Å². The van der Waals surface area contributed by atoms with Crippen LogP contribution in [0.25, 0.3) is 11.0 Å². The van der Waals surface area contributed by atoms with E-state index in [0.717, 1.165) is 76.3 Å². The number of nitrogens with zero attached hydrogens (tertiary/aromatic N) is 2. The third kappa shape index (κ3) is 6.19. The van der Waals surface area contributed by atoms with Gasteiger partial charge in [0.15, 0.2) is 23.5 Å². The molecule has 7 nitrogen and oxygen atoms in total. The summed E-state index contributed by atoms with van der Waals surface area (Å²) in [5.41, 5.74) is 1.06. The van der Waals surface area contributed by atoms with Crippen molar-refractivity contribution in [1.82, 2.24) is 15.4 Å². The first-order chi connectivity index (χ1) is 17.0.